The molecule has 0 aliphatic rings. The molecule has 1 amide bonds. The molecule has 0 fully saturated rings. The smallest absolute Gasteiger partial charge is 0.220 e. The Balaban J connectivity index is 2.75. The molecule has 0 radical (unpaired) electrons. The zero-order valence-electron chi connectivity index (χ0n) is 13.4. The number of hydrogen-bond acceptors (Lipinski definition) is 2. The van der Waals surface area contributed by atoms with E-state index in [2.05, 4.69) is 38.2 Å². The van der Waals surface area contributed by atoms with Gasteiger partial charge in [-0.1, -0.05) is 51.1 Å². The van der Waals surface area contributed by atoms with Gasteiger partial charge >= 0.3 is 0 Å². The molecule has 20 heavy (non-hydrogen) atoms. The van der Waals surface area contributed by atoms with Gasteiger partial charge in [0.2, 0.25) is 5.91 Å². The molecule has 3 heteroatoms. The van der Waals surface area contributed by atoms with E-state index in [4.69, 9.17) is 5.73 Å². The van der Waals surface area contributed by atoms with Gasteiger partial charge in [0, 0.05) is 12.0 Å². The number of rotatable bonds is 5. The van der Waals surface area contributed by atoms with Crippen LogP contribution in [-0.4, -0.2) is 11.4 Å². The van der Waals surface area contributed by atoms with Crippen LogP contribution in [0.2, 0.25) is 0 Å². The first-order chi connectivity index (χ1) is 9.09. The molecule has 1 aromatic rings. The summed E-state index contributed by atoms with van der Waals surface area (Å²) in [4.78, 5) is 12.2. The van der Waals surface area contributed by atoms with Gasteiger partial charge < -0.3 is 11.1 Å². The second kappa shape index (κ2) is 6.40. The van der Waals surface area contributed by atoms with Crippen LogP contribution >= 0.6 is 0 Å². The van der Waals surface area contributed by atoms with Crippen molar-refractivity contribution in [2.24, 2.45) is 11.1 Å². The van der Waals surface area contributed by atoms with E-state index >= 15 is 0 Å². The second-order valence-electron chi connectivity index (χ2n) is 7.27. The van der Waals surface area contributed by atoms with Crippen LogP contribution < -0.4 is 11.1 Å². The highest BCUT2D eigenvalue weighted by molar-refractivity contribution is 5.76. The van der Waals surface area contributed by atoms with Crippen molar-refractivity contribution in [1.29, 1.82) is 0 Å². The van der Waals surface area contributed by atoms with E-state index in [0.29, 0.717) is 12.8 Å². The Hall–Kier alpha value is -1.35. The molecule has 0 saturated heterocycles. The third-order valence-corrected chi connectivity index (χ3v) is 3.30. The minimum Gasteiger partial charge on any atom is -0.349 e. The first-order valence-corrected chi connectivity index (χ1v) is 7.23. The summed E-state index contributed by atoms with van der Waals surface area (Å²) in [5, 5.41) is 3.15. The molecule has 0 spiro atoms. The van der Waals surface area contributed by atoms with E-state index in [1.807, 2.05) is 32.0 Å². The second-order valence-corrected chi connectivity index (χ2v) is 7.27. The molecule has 1 unspecified atom stereocenters. The summed E-state index contributed by atoms with van der Waals surface area (Å²) in [6.45, 7) is 10.3. The Morgan fingerprint density at radius 1 is 1.15 bits per heavy atom. The summed E-state index contributed by atoms with van der Waals surface area (Å²) >= 11 is 0. The number of nitrogens with one attached hydrogen (secondary N) is 1. The molecule has 1 rings (SSSR count). The summed E-state index contributed by atoms with van der Waals surface area (Å²) in [6.07, 6.45) is 1.15. The van der Waals surface area contributed by atoms with Crippen molar-refractivity contribution in [2.75, 3.05) is 0 Å². The molecule has 0 aliphatic carbocycles. The van der Waals surface area contributed by atoms with Crippen LogP contribution in [0.25, 0.3) is 0 Å². The molecule has 1 atom stereocenters. The Bertz CT molecular complexity index is 427. The standard InChI is InChI=1S/C17H28N2O/c1-16(2,3)15(13-9-7-6-8-10-13)19-14(20)11-12-17(4,5)18/h6-10,15H,11-12,18H2,1-5H3,(H,19,20). The molecule has 0 saturated carbocycles. The molecular weight excluding hydrogens is 248 g/mol. The topological polar surface area (TPSA) is 55.1 Å². The third-order valence-electron chi connectivity index (χ3n) is 3.30. The fourth-order valence-electron chi connectivity index (χ4n) is 2.11. The number of benzene rings is 1. The number of hydrogen-bond donors (Lipinski definition) is 2. The first kappa shape index (κ1) is 16.7. The van der Waals surface area contributed by atoms with Crippen LogP contribution in [0.3, 0.4) is 0 Å². The summed E-state index contributed by atoms with van der Waals surface area (Å²) in [7, 11) is 0. The van der Waals surface area contributed by atoms with Crippen LogP contribution in [0.4, 0.5) is 0 Å². The predicted octanol–water partition coefficient (Wildman–Crippen LogP) is 3.41. The number of nitrogens with two attached hydrogens (primary N) is 1. The van der Waals surface area contributed by atoms with Crippen molar-refractivity contribution < 1.29 is 4.79 Å². The zero-order chi connectivity index (χ0) is 15.4. The van der Waals surface area contributed by atoms with E-state index in [-0.39, 0.29) is 22.9 Å². The molecule has 112 valence electrons. The molecule has 0 heterocycles. The summed E-state index contributed by atoms with van der Waals surface area (Å²) < 4.78 is 0. The van der Waals surface area contributed by atoms with Crippen LogP contribution in [0.1, 0.15) is 59.1 Å². The minimum absolute atomic E-state index is 0.0112. The number of carbonyl (C=O) groups is 1. The molecule has 0 bridgehead atoms. The van der Waals surface area contributed by atoms with Gasteiger partial charge in [-0.3, -0.25) is 4.79 Å². The lowest BCUT2D eigenvalue weighted by molar-refractivity contribution is -0.123. The quantitative estimate of drug-likeness (QED) is 0.866. The minimum atomic E-state index is -0.304. The lowest BCUT2D eigenvalue weighted by Crippen LogP contribution is -2.38. The maximum atomic E-state index is 12.2. The normalized spacial score (nSPS) is 13.9. The maximum absolute atomic E-state index is 12.2. The highest BCUT2D eigenvalue weighted by Crippen LogP contribution is 2.32. The van der Waals surface area contributed by atoms with Crippen molar-refractivity contribution in [3.8, 4) is 0 Å². The molecule has 1 aromatic carbocycles. The first-order valence-electron chi connectivity index (χ1n) is 7.23. The monoisotopic (exact) mass is 276 g/mol. The van der Waals surface area contributed by atoms with Crippen molar-refractivity contribution in [2.45, 2.75) is 59.0 Å². The SMILES string of the molecule is CC(C)(N)CCC(=O)NC(c1ccccc1)C(C)(C)C. The molecule has 0 aliphatic heterocycles. The summed E-state index contributed by atoms with van der Waals surface area (Å²) in [6, 6.07) is 10.1. The lowest BCUT2D eigenvalue weighted by Gasteiger charge is -2.32. The van der Waals surface area contributed by atoms with Crippen molar-refractivity contribution in [3.63, 3.8) is 0 Å². The van der Waals surface area contributed by atoms with Gasteiger partial charge in [-0.15, -0.1) is 0 Å². The van der Waals surface area contributed by atoms with E-state index < -0.39 is 0 Å². The summed E-state index contributed by atoms with van der Waals surface area (Å²) in [5.74, 6) is 0.0623. The average Bonchev–Trinajstić information content (AvgIpc) is 2.32. The fourth-order valence-corrected chi connectivity index (χ4v) is 2.11. The molecular formula is C17H28N2O. The third kappa shape index (κ3) is 5.74. The van der Waals surface area contributed by atoms with E-state index in [9.17, 15) is 4.79 Å². The van der Waals surface area contributed by atoms with Crippen LogP contribution in [0, 0.1) is 5.41 Å². The highest BCUT2D eigenvalue weighted by Gasteiger charge is 2.27. The van der Waals surface area contributed by atoms with Gasteiger partial charge in [0.25, 0.3) is 0 Å². The number of carbonyl (C=O) groups excluding carboxylic acids is 1. The largest absolute Gasteiger partial charge is 0.349 e. The van der Waals surface area contributed by atoms with Crippen LogP contribution in [-0.2, 0) is 4.79 Å². The van der Waals surface area contributed by atoms with Crippen molar-refractivity contribution >= 4 is 5.91 Å². The zero-order valence-corrected chi connectivity index (χ0v) is 13.4. The molecule has 3 nitrogen and oxygen atoms in total. The predicted molar refractivity (Wildman–Crippen MR) is 84.3 cm³/mol. The van der Waals surface area contributed by atoms with Gasteiger partial charge in [0.15, 0.2) is 0 Å². The van der Waals surface area contributed by atoms with Gasteiger partial charge in [0.1, 0.15) is 0 Å². The van der Waals surface area contributed by atoms with E-state index in [0.717, 1.165) is 5.56 Å². The van der Waals surface area contributed by atoms with E-state index in [1.54, 1.807) is 0 Å². The number of amides is 1. The van der Waals surface area contributed by atoms with Crippen molar-refractivity contribution in [3.05, 3.63) is 35.9 Å². The van der Waals surface area contributed by atoms with E-state index in [1.165, 1.54) is 0 Å². The van der Waals surface area contributed by atoms with Gasteiger partial charge in [-0.05, 0) is 31.2 Å². The van der Waals surface area contributed by atoms with Gasteiger partial charge in [-0.2, -0.15) is 0 Å². The Labute approximate surface area is 122 Å². The van der Waals surface area contributed by atoms with Crippen LogP contribution in [0.5, 0.6) is 0 Å². The van der Waals surface area contributed by atoms with Crippen molar-refractivity contribution in [1.82, 2.24) is 5.32 Å². The average molecular weight is 276 g/mol. The maximum Gasteiger partial charge on any atom is 0.220 e. The van der Waals surface area contributed by atoms with Gasteiger partial charge in [0.05, 0.1) is 6.04 Å². The lowest BCUT2D eigenvalue weighted by atomic mass is 9.82. The molecule has 0 aromatic heterocycles. The van der Waals surface area contributed by atoms with Crippen LogP contribution in [0.15, 0.2) is 30.3 Å². The highest BCUT2D eigenvalue weighted by atomic mass is 16.1. The Kier molecular flexibility index (Phi) is 5.35. The Morgan fingerprint density at radius 2 is 1.70 bits per heavy atom. The van der Waals surface area contributed by atoms with Gasteiger partial charge in [-0.25, -0.2) is 0 Å². The summed E-state index contributed by atoms with van der Waals surface area (Å²) in [5.41, 5.74) is 6.73. The molecule has 3 N–H and O–H groups in total. The Morgan fingerprint density at radius 3 is 2.15 bits per heavy atom. The fraction of sp³-hybridized carbons (Fsp3) is 0.588.